The molecule has 0 saturated heterocycles. The van der Waals surface area contributed by atoms with E-state index in [1.54, 1.807) is 0 Å². The van der Waals surface area contributed by atoms with Crippen LogP contribution in [-0.2, 0) is 14.8 Å². The first-order valence-electron chi connectivity index (χ1n) is 3.66. The molecule has 0 aliphatic heterocycles. The van der Waals surface area contributed by atoms with Gasteiger partial charge in [-0.15, -0.1) is 9.24 Å². The van der Waals surface area contributed by atoms with Gasteiger partial charge >= 0.3 is 0 Å². The number of amides is 1. The molecule has 0 aliphatic carbocycles. The quantitative estimate of drug-likeness (QED) is 0.518. The summed E-state index contributed by atoms with van der Waals surface area (Å²) in [5, 5.41) is 0. The highest BCUT2D eigenvalue weighted by atomic mass is 32.2. The molecule has 1 amide bonds. The van der Waals surface area contributed by atoms with Crippen molar-refractivity contribution in [1.82, 2.24) is 4.72 Å². The fourth-order valence-corrected chi connectivity index (χ4v) is 1.49. The number of carbonyl (C=O) groups excluding carboxylic acids is 1. The Morgan fingerprint density at radius 1 is 1.42 bits per heavy atom. The van der Waals surface area contributed by atoms with E-state index < -0.39 is 15.9 Å². The number of hydrogen-bond donors (Lipinski definition) is 1. The summed E-state index contributed by atoms with van der Waals surface area (Å²) in [6, 6.07) is 0. The predicted octanol–water partition coefficient (Wildman–Crippen LogP) is 0.108. The zero-order valence-corrected chi connectivity index (χ0v) is 9.01. The maximum Gasteiger partial charge on any atom is 0.233 e. The van der Waals surface area contributed by atoms with Crippen LogP contribution < -0.4 is 4.72 Å². The monoisotopic (exact) mass is 211 g/mol. The van der Waals surface area contributed by atoms with E-state index in [0.717, 1.165) is 25.3 Å². The summed E-state index contributed by atoms with van der Waals surface area (Å²) in [5.41, 5.74) is 0. The Labute approximate surface area is 75.4 Å². The van der Waals surface area contributed by atoms with Crippen molar-refractivity contribution in [3.8, 4) is 0 Å². The van der Waals surface area contributed by atoms with E-state index in [4.69, 9.17) is 0 Å². The van der Waals surface area contributed by atoms with Crippen molar-refractivity contribution in [1.29, 1.82) is 0 Å². The van der Waals surface area contributed by atoms with Gasteiger partial charge in [-0.25, -0.2) is 8.42 Å². The molecule has 1 unspecified atom stereocenters. The van der Waals surface area contributed by atoms with Crippen LogP contribution in [0.1, 0.15) is 19.3 Å². The molecular weight excluding hydrogens is 197 g/mol. The maximum absolute atomic E-state index is 10.8. The molecule has 0 spiro atoms. The van der Waals surface area contributed by atoms with Crippen LogP contribution in [-0.4, -0.2) is 26.7 Å². The molecule has 0 bridgehead atoms. The van der Waals surface area contributed by atoms with Gasteiger partial charge < -0.3 is 0 Å². The molecule has 0 fully saturated rings. The lowest BCUT2D eigenvalue weighted by molar-refractivity contribution is -0.119. The highest BCUT2D eigenvalue weighted by Gasteiger charge is 2.06. The molecule has 0 radical (unpaired) electrons. The van der Waals surface area contributed by atoms with Crippen molar-refractivity contribution in [3.05, 3.63) is 0 Å². The number of hydrogen-bond acceptors (Lipinski definition) is 3. The van der Waals surface area contributed by atoms with Crippen LogP contribution in [0.4, 0.5) is 0 Å². The molecule has 6 heteroatoms. The predicted molar refractivity (Wildman–Crippen MR) is 51.4 cm³/mol. The van der Waals surface area contributed by atoms with Crippen molar-refractivity contribution in [2.45, 2.75) is 19.3 Å². The van der Waals surface area contributed by atoms with Crippen LogP contribution in [0.15, 0.2) is 0 Å². The van der Waals surface area contributed by atoms with E-state index in [1.807, 2.05) is 4.72 Å². The molecule has 0 aliphatic rings. The standard InChI is InChI=1S/C6H14NO3PS/c1-12(9,10)7-6(8)4-2-3-5-11/h2-5,11H2,1H3,(H,7,8). The van der Waals surface area contributed by atoms with Gasteiger partial charge in [0.15, 0.2) is 0 Å². The second-order valence-corrected chi connectivity index (χ2v) is 4.87. The van der Waals surface area contributed by atoms with Gasteiger partial charge in [0.05, 0.1) is 6.26 Å². The molecular formula is C6H14NO3PS. The van der Waals surface area contributed by atoms with Crippen LogP contribution in [0.5, 0.6) is 0 Å². The summed E-state index contributed by atoms with van der Waals surface area (Å²) in [6.07, 6.45) is 3.83. The largest absolute Gasteiger partial charge is 0.274 e. The highest BCUT2D eigenvalue weighted by Crippen LogP contribution is 1.98. The zero-order chi connectivity index (χ0) is 9.61. The van der Waals surface area contributed by atoms with Crippen LogP contribution in [0, 0.1) is 0 Å². The van der Waals surface area contributed by atoms with Gasteiger partial charge in [0.25, 0.3) is 0 Å². The Kier molecular flexibility index (Phi) is 5.42. The van der Waals surface area contributed by atoms with Gasteiger partial charge in [0, 0.05) is 6.42 Å². The summed E-state index contributed by atoms with van der Waals surface area (Å²) in [6.45, 7) is 0. The van der Waals surface area contributed by atoms with Crippen LogP contribution in [0.2, 0.25) is 0 Å². The molecule has 0 aromatic heterocycles. The number of nitrogens with one attached hydrogen (secondary N) is 1. The summed E-state index contributed by atoms with van der Waals surface area (Å²) in [5.74, 6) is -0.420. The lowest BCUT2D eigenvalue weighted by Gasteiger charge is -2.00. The third-order valence-electron chi connectivity index (χ3n) is 1.16. The lowest BCUT2D eigenvalue weighted by atomic mass is 10.2. The van der Waals surface area contributed by atoms with E-state index in [-0.39, 0.29) is 6.42 Å². The van der Waals surface area contributed by atoms with Crippen molar-refractivity contribution in [3.63, 3.8) is 0 Å². The van der Waals surface area contributed by atoms with E-state index in [2.05, 4.69) is 9.24 Å². The molecule has 0 aromatic carbocycles. The van der Waals surface area contributed by atoms with Gasteiger partial charge in [-0.1, -0.05) is 0 Å². The van der Waals surface area contributed by atoms with Crippen LogP contribution in [0.25, 0.3) is 0 Å². The summed E-state index contributed by atoms with van der Waals surface area (Å²) >= 11 is 0. The molecule has 0 saturated carbocycles. The molecule has 1 N–H and O–H groups in total. The second kappa shape index (κ2) is 5.49. The third-order valence-corrected chi connectivity index (χ3v) is 2.16. The minimum atomic E-state index is -3.37. The first kappa shape index (κ1) is 11.8. The number of rotatable bonds is 5. The second-order valence-electron chi connectivity index (χ2n) is 2.54. The van der Waals surface area contributed by atoms with Crippen LogP contribution in [0.3, 0.4) is 0 Å². The number of unbranched alkanes of at least 4 members (excludes halogenated alkanes) is 1. The fourth-order valence-electron chi connectivity index (χ4n) is 0.688. The number of sulfonamides is 1. The lowest BCUT2D eigenvalue weighted by Crippen LogP contribution is -2.28. The zero-order valence-electron chi connectivity index (χ0n) is 7.04. The van der Waals surface area contributed by atoms with Gasteiger partial charge in [-0.2, -0.15) is 0 Å². The van der Waals surface area contributed by atoms with Crippen molar-refractivity contribution in [2.75, 3.05) is 12.4 Å². The molecule has 0 aromatic rings. The maximum atomic E-state index is 10.8. The topological polar surface area (TPSA) is 63.2 Å². The molecule has 4 nitrogen and oxygen atoms in total. The Hall–Kier alpha value is -0.150. The highest BCUT2D eigenvalue weighted by molar-refractivity contribution is 7.89. The van der Waals surface area contributed by atoms with E-state index >= 15 is 0 Å². The minimum Gasteiger partial charge on any atom is -0.274 e. The van der Waals surface area contributed by atoms with E-state index in [0.29, 0.717) is 0 Å². The third kappa shape index (κ3) is 7.95. The molecule has 0 heterocycles. The van der Waals surface area contributed by atoms with Crippen molar-refractivity contribution in [2.24, 2.45) is 0 Å². The number of carbonyl (C=O) groups is 1. The molecule has 1 atom stereocenters. The summed E-state index contributed by atoms with van der Waals surface area (Å²) in [7, 11) is -0.815. The molecule has 0 rings (SSSR count). The van der Waals surface area contributed by atoms with Crippen LogP contribution >= 0.6 is 9.24 Å². The van der Waals surface area contributed by atoms with Gasteiger partial charge in [-0.05, 0) is 19.0 Å². The Balaban J connectivity index is 3.62. The van der Waals surface area contributed by atoms with Crippen molar-refractivity contribution < 1.29 is 13.2 Å². The Morgan fingerprint density at radius 2 is 2.00 bits per heavy atom. The van der Waals surface area contributed by atoms with Crippen molar-refractivity contribution >= 4 is 25.2 Å². The van der Waals surface area contributed by atoms with Gasteiger partial charge in [0.2, 0.25) is 15.9 Å². The fraction of sp³-hybridized carbons (Fsp3) is 0.833. The molecule has 12 heavy (non-hydrogen) atoms. The normalized spacial score (nSPS) is 11.2. The Bertz CT molecular complexity index is 237. The smallest absolute Gasteiger partial charge is 0.233 e. The van der Waals surface area contributed by atoms with Gasteiger partial charge in [0.1, 0.15) is 0 Å². The first-order chi connectivity index (χ1) is 5.45. The first-order valence-corrected chi connectivity index (χ1v) is 6.37. The minimum absolute atomic E-state index is 0.279. The summed E-state index contributed by atoms with van der Waals surface area (Å²) in [4.78, 5) is 10.8. The summed E-state index contributed by atoms with van der Waals surface area (Å²) < 4.78 is 23.0. The average Bonchev–Trinajstić information content (AvgIpc) is 1.84. The molecule has 72 valence electrons. The van der Waals surface area contributed by atoms with E-state index in [9.17, 15) is 13.2 Å². The van der Waals surface area contributed by atoms with E-state index in [1.165, 1.54) is 0 Å². The SMILES string of the molecule is CS(=O)(=O)NC(=O)CCCCP. The Morgan fingerprint density at radius 3 is 2.42 bits per heavy atom. The van der Waals surface area contributed by atoms with Gasteiger partial charge in [-0.3, -0.25) is 9.52 Å². The average molecular weight is 211 g/mol.